The first-order valence-electron chi connectivity index (χ1n) is 8.71. The predicted molar refractivity (Wildman–Crippen MR) is 102 cm³/mol. The van der Waals surface area contributed by atoms with Crippen molar-refractivity contribution in [3.05, 3.63) is 63.7 Å². The highest BCUT2D eigenvalue weighted by molar-refractivity contribution is 6.04. The molecule has 2 aromatic rings. The van der Waals surface area contributed by atoms with Crippen molar-refractivity contribution in [2.24, 2.45) is 0 Å². The van der Waals surface area contributed by atoms with E-state index in [4.69, 9.17) is 0 Å². The van der Waals surface area contributed by atoms with E-state index in [9.17, 15) is 20.0 Å². The van der Waals surface area contributed by atoms with Crippen LogP contribution in [0.5, 0.6) is 5.75 Å². The van der Waals surface area contributed by atoms with E-state index in [0.29, 0.717) is 17.8 Å². The van der Waals surface area contributed by atoms with Crippen LogP contribution in [0.15, 0.2) is 42.5 Å². The van der Waals surface area contributed by atoms with Gasteiger partial charge in [-0.3, -0.25) is 19.8 Å². The molecule has 0 radical (unpaired) electrons. The Kier molecular flexibility index (Phi) is 5.68. The zero-order chi connectivity index (χ0) is 19.4. The van der Waals surface area contributed by atoms with Gasteiger partial charge in [0, 0.05) is 61.7 Å². The summed E-state index contributed by atoms with van der Waals surface area (Å²) in [6, 6.07) is 10.4. The number of benzene rings is 2. The van der Waals surface area contributed by atoms with Gasteiger partial charge in [-0.15, -0.1) is 0 Å². The van der Waals surface area contributed by atoms with Gasteiger partial charge in [0.15, 0.2) is 0 Å². The number of nitrogens with one attached hydrogen (secondary N) is 1. The van der Waals surface area contributed by atoms with Gasteiger partial charge in [-0.1, -0.05) is 0 Å². The highest BCUT2D eigenvalue weighted by Gasteiger charge is 2.16. The SMILES string of the molecule is CN1CCN(Cc2cc(NC(=O)c3ccc([N+](=O)[O-])cc3)ccc2O)CC1. The second kappa shape index (κ2) is 8.15. The average molecular weight is 370 g/mol. The molecule has 0 saturated carbocycles. The van der Waals surface area contributed by atoms with Crippen LogP contribution in [0.2, 0.25) is 0 Å². The highest BCUT2D eigenvalue weighted by Crippen LogP contribution is 2.24. The summed E-state index contributed by atoms with van der Waals surface area (Å²) in [5, 5.41) is 23.6. The standard InChI is InChI=1S/C19H22N4O4/c1-21-8-10-22(11-9-21)13-15-12-16(4-7-18(15)24)20-19(25)14-2-5-17(6-3-14)23(26)27/h2-7,12,24H,8-11,13H2,1H3,(H,20,25). The minimum atomic E-state index is -0.508. The number of amides is 1. The van der Waals surface area contributed by atoms with Crippen LogP contribution < -0.4 is 5.32 Å². The first-order chi connectivity index (χ1) is 12.9. The summed E-state index contributed by atoms with van der Waals surface area (Å²) in [6.45, 7) is 4.43. The molecule has 0 bridgehead atoms. The zero-order valence-corrected chi connectivity index (χ0v) is 15.1. The zero-order valence-electron chi connectivity index (χ0n) is 15.1. The predicted octanol–water partition coefficient (Wildman–Crippen LogP) is 2.30. The Morgan fingerprint density at radius 1 is 1.15 bits per heavy atom. The van der Waals surface area contributed by atoms with E-state index in [-0.39, 0.29) is 17.3 Å². The number of rotatable bonds is 5. The summed E-state index contributed by atoms with van der Waals surface area (Å²) < 4.78 is 0. The number of likely N-dealkylation sites (N-methyl/N-ethyl adjacent to an activating group) is 1. The molecule has 142 valence electrons. The van der Waals surface area contributed by atoms with Gasteiger partial charge in [-0.05, 0) is 37.4 Å². The Morgan fingerprint density at radius 3 is 2.44 bits per heavy atom. The molecule has 2 N–H and O–H groups in total. The van der Waals surface area contributed by atoms with Crippen molar-refractivity contribution in [3.8, 4) is 5.75 Å². The summed E-state index contributed by atoms with van der Waals surface area (Å²) in [6.07, 6.45) is 0. The quantitative estimate of drug-likeness (QED) is 0.476. The normalized spacial score (nSPS) is 15.4. The van der Waals surface area contributed by atoms with Crippen LogP contribution in [0.1, 0.15) is 15.9 Å². The summed E-state index contributed by atoms with van der Waals surface area (Å²) >= 11 is 0. The number of nitro benzene ring substituents is 1. The molecule has 8 heteroatoms. The number of carbonyl (C=O) groups is 1. The fourth-order valence-electron chi connectivity index (χ4n) is 2.97. The lowest BCUT2D eigenvalue weighted by Crippen LogP contribution is -2.43. The number of piperazine rings is 1. The molecule has 1 heterocycles. The molecule has 1 amide bonds. The minimum Gasteiger partial charge on any atom is -0.508 e. The van der Waals surface area contributed by atoms with Crippen molar-refractivity contribution >= 4 is 17.3 Å². The van der Waals surface area contributed by atoms with Gasteiger partial charge in [0.2, 0.25) is 0 Å². The lowest BCUT2D eigenvalue weighted by Gasteiger charge is -2.32. The molecule has 0 atom stereocenters. The number of anilines is 1. The molecular formula is C19H22N4O4. The number of phenolic OH excluding ortho intramolecular Hbond substituents is 1. The summed E-state index contributed by atoms with van der Waals surface area (Å²) in [7, 11) is 2.09. The maximum Gasteiger partial charge on any atom is 0.269 e. The number of non-ortho nitro benzene ring substituents is 1. The number of hydrogen-bond acceptors (Lipinski definition) is 6. The first-order valence-corrected chi connectivity index (χ1v) is 8.71. The third-order valence-corrected chi connectivity index (χ3v) is 4.67. The fraction of sp³-hybridized carbons (Fsp3) is 0.316. The van der Waals surface area contributed by atoms with Crippen LogP contribution in [0.25, 0.3) is 0 Å². The van der Waals surface area contributed by atoms with Crippen LogP contribution in [0.3, 0.4) is 0 Å². The largest absolute Gasteiger partial charge is 0.508 e. The Labute approximate surface area is 157 Å². The number of nitro groups is 1. The van der Waals surface area contributed by atoms with Crippen LogP contribution in [0.4, 0.5) is 11.4 Å². The van der Waals surface area contributed by atoms with E-state index in [1.54, 1.807) is 18.2 Å². The molecule has 0 aromatic heterocycles. The van der Waals surface area contributed by atoms with Crippen LogP contribution in [0, 0.1) is 10.1 Å². The molecule has 2 aromatic carbocycles. The highest BCUT2D eigenvalue weighted by atomic mass is 16.6. The molecule has 1 fully saturated rings. The Balaban J connectivity index is 1.68. The van der Waals surface area contributed by atoms with Gasteiger partial charge < -0.3 is 15.3 Å². The van der Waals surface area contributed by atoms with Crippen molar-refractivity contribution in [1.82, 2.24) is 9.80 Å². The molecule has 1 aliphatic heterocycles. The van der Waals surface area contributed by atoms with Gasteiger partial charge in [0.25, 0.3) is 11.6 Å². The number of phenols is 1. The molecule has 27 heavy (non-hydrogen) atoms. The monoisotopic (exact) mass is 370 g/mol. The fourth-order valence-corrected chi connectivity index (χ4v) is 2.97. The maximum absolute atomic E-state index is 12.4. The molecule has 1 aliphatic rings. The average Bonchev–Trinajstić information content (AvgIpc) is 2.66. The number of nitrogens with zero attached hydrogens (tertiary/aromatic N) is 3. The maximum atomic E-state index is 12.4. The van der Waals surface area contributed by atoms with E-state index in [2.05, 4.69) is 22.2 Å². The van der Waals surface area contributed by atoms with Crippen molar-refractivity contribution in [2.75, 3.05) is 38.5 Å². The van der Waals surface area contributed by atoms with E-state index < -0.39 is 4.92 Å². The lowest BCUT2D eigenvalue weighted by atomic mass is 10.1. The van der Waals surface area contributed by atoms with Crippen molar-refractivity contribution in [2.45, 2.75) is 6.54 Å². The third-order valence-electron chi connectivity index (χ3n) is 4.67. The molecule has 3 rings (SSSR count). The van der Waals surface area contributed by atoms with Crippen molar-refractivity contribution in [3.63, 3.8) is 0 Å². The van der Waals surface area contributed by atoms with E-state index in [0.717, 1.165) is 31.7 Å². The number of hydrogen-bond donors (Lipinski definition) is 2. The Hall–Kier alpha value is -2.97. The Morgan fingerprint density at radius 2 is 1.81 bits per heavy atom. The van der Waals surface area contributed by atoms with Crippen molar-refractivity contribution in [1.29, 1.82) is 0 Å². The van der Waals surface area contributed by atoms with Crippen molar-refractivity contribution < 1.29 is 14.8 Å². The third kappa shape index (κ3) is 4.81. The van der Waals surface area contributed by atoms with E-state index in [1.165, 1.54) is 24.3 Å². The molecular weight excluding hydrogens is 348 g/mol. The number of carbonyl (C=O) groups excluding carboxylic acids is 1. The summed E-state index contributed by atoms with van der Waals surface area (Å²) in [4.78, 5) is 27.1. The molecule has 8 nitrogen and oxygen atoms in total. The second-order valence-electron chi connectivity index (χ2n) is 6.68. The minimum absolute atomic E-state index is 0.0642. The molecule has 0 aliphatic carbocycles. The number of aromatic hydroxyl groups is 1. The van der Waals surface area contributed by atoms with Crippen LogP contribution >= 0.6 is 0 Å². The molecule has 1 saturated heterocycles. The smallest absolute Gasteiger partial charge is 0.269 e. The van der Waals surface area contributed by atoms with Gasteiger partial charge >= 0.3 is 0 Å². The molecule has 0 spiro atoms. The van der Waals surface area contributed by atoms with E-state index in [1.807, 2.05) is 0 Å². The van der Waals surface area contributed by atoms with Gasteiger partial charge in [0.05, 0.1) is 4.92 Å². The van der Waals surface area contributed by atoms with Crippen LogP contribution in [-0.4, -0.2) is 59.0 Å². The van der Waals surface area contributed by atoms with Gasteiger partial charge in [-0.25, -0.2) is 0 Å². The van der Waals surface area contributed by atoms with Crippen LogP contribution in [-0.2, 0) is 6.54 Å². The van der Waals surface area contributed by atoms with Gasteiger partial charge in [-0.2, -0.15) is 0 Å². The summed E-state index contributed by atoms with van der Waals surface area (Å²) in [5.74, 6) is -0.164. The van der Waals surface area contributed by atoms with Gasteiger partial charge in [0.1, 0.15) is 5.75 Å². The van der Waals surface area contributed by atoms with E-state index >= 15 is 0 Å². The second-order valence-corrected chi connectivity index (χ2v) is 6.68. The first kappa shape index (κ1) is 18.8. The molecule has 0 unspecified atom stereocenters. The summed E-state index contributed by atoms with van der Waals surface area (Å²) in [5.41, 5.74) is 1.58. The lowest BCUT2D eigenvalue weighted by molar-refractivity contribution is -0.384. The Bertz CT molecular complexity index is 830. The topological polar surface area (TPSA) is 99.0 Å².